The SMILES string of the molecule is O=[N+]([O-])[C@@]1(Br)[C@H](O)c2ccccc2O[C@@H]1c1ccccc1. The van der Waals surface area contributed by atoms with Crippen molar-refractivity contribution in [3.05, 3.63) is 75.8 Å². The molecule has 0 amide bonds. The largest absolute Gasteiger partial charge is 0.477 e. The van der Waals surface area contributed by atoms with Gasteiger partial charge in [-0.05, 0) is 6.07 Å². The summed E-state index contributed by atoms with van der Waals surface area (Å²) < 4.78 is 3.99. The van der Waals surface area contributed by atoms with Crippen molar-refractivity contribution in [1.29, 1.82) is 0 Å². The molecule has 0 aliphatic carbocycles. The Morgan fingerprint density at radius 2 is 1.76 bits per heavy atom. The van der Waals surface area contributed by atoms with Gasteiger partial charge in [0.2, 0.25) is 6.10 Å². The highest BCUT2D eigenvalue weighted by Crippen LogP contribution is 2.52. The fourth-order valence-electron chi connectivity index (χ4n) is 2.51. The molecule has 2 aromatic carbocycles. The third kappa shape index (κ3) is 2.11. The minimum atomic E-state index is -1.83. The van der Waals surface area contributed by atoms with Crippen LogP contribution in [0, 0.1) is 10.1 Å². The summed E-state index contributed by atoms with van der Waals surface area (Å²) in [5.41, 5.74) is 1.03. The Morgan fingerprint density at radius 1 is 1.14 bits per heavy atom. The Labute approximate surface area is 129 Å². The van der Waals surface area contributed by atoms with Crippen LogP contribution in [0.15, 0.2) is 54.6 Å². The number of nitro groups is 1. The van der Waals surface area contributed by atoms with Crippen LogP contribution < -0.4 is 4.74 Å². The molecule has 0 saturated carbocycles. The molecule has 0 saturated heterocycles. The summed E-state index contributed by atoms with van der Waals surface area (Å²) in [4.78, 5) is 11.1. The first-order valence-corrected chi connectivity index (χ1v) is 7.16. The topological polar surface area (TPSA) is 72.6 Å². The third-order valence-electron chi connectivity index (χ3n) is 3.59. The van der Waals surface area contributed by atoms with Gasteiger partial charge in [0.1, 0.15) is 5.75 Å². The Morgan fingerprint density at radius 3 is 2.43 bits per heavy atom. The van der Waals surface area contributed by atoms with Crippen LogP contribution >= 0.6 is 15.9 Å². The van der Waals surface area contributed by atoms with Crippen LogP contribution in [-0.4, -0.2) is 14.5 Å². The number of fused-ring (bicyclic) bond motifs is 1. The van der Waals surface area contributed by atoms with Crippen molar-refractivity contribution in [2.24, 2.45) is 0 Å². The van der Waals surface area contributed by atoms with Gasteiger partial charge in [0.15, 0.2) is 6.10 Å². The highest BCUT2D eigenvalue weighted by atomic mass is 79.9. The molecule has 2 aromatic rings. The number of rotatable bonds is 2. The second kappa shape index (κ2) is 5.13. The summed E-state index contributed by atoms with van der Waals surface area (Å²) in [6, 6.07) is 15.6. The minimum absolute atomic E-state index is 0.401. The van der Waals surface area contributed by atoms with Gasteiger partial charge in [-0.2, -0.15) is 0 Å². The fourth-order valence-corrected chi connectivity index (χ4v) is 3.11. The number of hydrogen-bond donors (Lipinski definition) is 1. The zero-order chi connectivity index (χ0) is 15.0. The van der Waals surface area contributed by atoms with E-state index in [2.05, 4.69) is 15.9 Å². The van der Waals surface area contributed by atoms with E-state index in [0.29, 0.717) is 16.9 Å². The van der Waals surface area contributed by atoms with Crippen LogP contribution in [0.5, 0.6) is 5.75 Å². The predicted molar refractivity (Wildman–Crippen MR) is 79.9 cm³/mol. The minimum Gasteiger partial charge on any atom is -0.477 e. The Hall–Kier alpha value is -1.92. The molecule has 0 aromatic heterocycles. The van der Waals surface area contributed by atoms with Crippen LogP contribution in [-0.2, 0) is 0 Å². The van der Waals surface area contributed by atoms with Gasteiger partial charge in [-0.25, -0.2) is 0 Å². The predicted octanol–water partition coefficient (Wildman–Crippen LogP) is 3.22. The first-order valence-electron chi connectivity index (χ1n) is 6.37. The Balaban J connectivity index is 2.17. The second-order valence-corrected chi connectivity index (χ2v) is 6.10. The number of hydrogen-bond acceptors (Lipinski definition) is 4. The number of nitrogens with zero attached hydrogens (tertiary/aromatic N) is 1. The van der Waals surface area contributed by atoms with Crippen LogP contribution in [0.2, 0.25) is 0 Å². The third-order valence-corrected chi connectivity index (χ3v) is 4.73. The number of para-hydroxylation sites is 1. The average Bonchev–Trinajstić information content (AvgIpc) is 2.51. The summed E-state index contributed by atoms with van der Waals surface area (Å²) >= 11 is 3.12. The van der Waals surface area contributed by atoms with Crippen molar-refractivity contribution in [1.82, 2.24) is 0 Å². The number of aliphatic hydroxyl groups excluding tert-OH is 1. The van der Waals surface area contributed by atoms with E-state index in [9.17, 15) is 15.2 Å². The van der Waals surface area contributed by atoms with Crippen molar-refractivity contribution in [3.63, 3.8) is 0 Å². The molecule has 5 nitrogen and oxygen atoms in total. The number of halogens is 1. The molecule has 21 heavy (non-hydrogen) atoms. The molecular formula is C15H12BrNO4. The molecule has 3 rings (SSSR count). The van der Waals surface area contributed by atoms with Crippen LogP contribution in [0.3, 0.4) is 0 Å². The standard InChI is InChI=1S/C15H12BrNO4/c16-15(17(19)20)13(18)11-8-4-5-9-12(11)21-14(15)10-6-2-1-3-7-10/h1-9,13-14,18H/t13-,14-,15+/m1/s1. The molecule has 0 spiro atoms. The van der Waals surface area contributed by atoms with Gasteiger partial charge < -0.3 is 9.84 Å². The van der Waals surface area contributed by atoms with Crippen molar-refractivity contribution in [2.45, 2.75) is 16.7 Å². The van der Waals surface area contributed by atoms with Gasteiger partial charge in [-0.3, -0.25) is 10.1 Å². The molecule has 1 heterocycles. The van der Waals surface area contributed by atoms with Gasteiger partial charge in [0.05, 0.1) is 0 Å². The smallest absolute Gasteiger partial charge is 0.344 e. The van der Waals surface area contributed by atoms with Crippen molar-refractivity contribution >= 4 is 15.9 Å². The normalized spacial score (nSPS) is 27.5. The van der Waals surface area contributed by atoms with E-state index in [0.717, 1.165) is 0 Å². The zero-order valence-corrected chi connectivity index (χ0v) is 12.4. The molecule has 1 aliphatic heterocycles. The number of ether oxygens (including phenoxy) is 1. The van der Waals surface area contributed by atoms with Crippen molar-refractivity contribution in [3.8, 4) is 5.75 Å². The van der Waals surface area contributed by atoms with Gasteiger partial charge in [-0.1, -0.05) is 48.5 Å². The Kier molecular flexibility index (Phi) is 3.43. The monoisotopic (exact) mass is 349 g/mol. The van der Waals surface area contributed by atoms with Gasteiger partial charge in [0, 0.05) is 32.0 Å². The first-order chi connectivity index (χ1) is 10.0. The lowest BCUT2D eigenvalue weighted by Crippen LogP contribution is -2.48. The van der Waals surface area contributed by atoms with Gasteiger partial charge in [0.25, 0.3) is 0 Å². The molecule has 3 atom stereocenters. The van der Waals surface area contributed by atoms with E-state index in [1.54, 1.807) is 48.5 Å². The molecule has 0 radical (unpaired) electrons. The van der Waals surface area contributed by atoms with Gasteiger partial charge >= 0.3 is 4.45 Å². The van der Waals surface area contributed by atoms with E-state index < -0.39 is 21.6 Å². The maximum Gasteiger partial charge on any atom is 0.344 e. The van der Waals surface area contributed by atoms with Crippen LogP contribution in [0.1, 0.15) is 23.3 Å². The lowest BCUT2D eigenvalue weighted by Gasteiger charge is -2.37. The maximum absolute atomic E-state index is 11.6. The average molecular weight is 350 g/mol. The zero-order valence-electron chi connectivity index (χ0n) is 10.8. The van der Waals surface area contributed by atoms with E-state index in [1.165, 1.54) is 0 Å². The molecule has 6 heteroatoms. The van der Waals surface area contributed by atoms with E-state index in [4.69, 9.17) is 4.74 Å². The fraction of sp³-hybridized carbons (Fsp3) is 0.200. The molecule has 0 unspecified atom stereocenters. The molecule has 0 bridgehead atoms. The van der Waals surface area contributed by atoms with Crippen molar-refractivity contribution < 1.29 is 14.8 Å². The van der Waals surface area contributed by atoms with Gasteiger partial charge in [-0.15, -0.1) is 0 Å². The molecule has 1 aliphatic rings. The molecule has 108 valence electrons. The van der Waals surface area contributed by atoms with E-state index >= 15 is 0 Å². The maximum atomic E-state index is 11.6. The number of benzene rings is 2. The summed E-state index contributed by atoms with van der Waals surface area (Å²) in [5.74, 6) is 0.454. The summed E-state index contributed by atoms with van der Waals surface area (Å²) in [6.45, 7) is 0. The van der Waals surface area contributed by atoms with Crippen LogP contribution in [0.4, 0.5) is 0 Å². The van der Waals surface area contributed by atoms with Crippen LogP contribution in [0.25, 0.3) is 0 Å². The summed E-state index contributed by atoms with van der Waals surface area (Å²) in [6.07, 6.45) is -2.25. The second-order valence-electron chi connectivity index (χ2n) is 4.83. The molecule has 0 fully saturated rings. The number of alkyl halides is 1. The van der Waals surface area contributed by atoms with E-state index in [1.807, 2.05) is 6.07 Å². The summed E-state index contributed by atoms with van der Waals surface area (Å²) in [5, 5.41) is 22.1. The highest BCUT2D eigenvalue weighted by Gasteiger charge is 2.60. The number of aliphatic hydroxyl groups is 1. The first kappa shape index (κ1) is 14.0. The van der Waals surface area contributed by atoms with E-state index in [-0.39, 0.29) is 0 Å². The summed E-state index contributed by atoms with van der Waals surface area (Å²) in [7, 11) is 0. The lowest BCUT2D eigenvalue weighted by atomic mass is 9.90. The lowest BCUT2D eigenvalue weighted by molar-refractivity contribution is -0.563. The Bertz CT molecular complexity index is 678. The highest BCUT2D eigenvalue weighted by molar-refractivity contribution is 9.10. The quantitative estimate of drug-likeness (QED) is 0.391. The van der Waals surface area contributed by atoms with Crippen molar-refractivity contribution in [2.75, 3.05) is 0 Å². The molecular weight excluding hydrogens is 338 g/mol. The molecule has 1 N–H and O–H groups in total.